The van der Waals surface area contributed by atoms with Crippen molar-refractivity contribution >= 4 is 17.2 Å². The van der Waals surface area contributed by atoms with Gasteiger partial charge in [-0.3, -0.25) is 4.79 Å². The van der Waals surface area contributed by atoms with E-state index in [0.717, 1.165) is 0 Å². The Morgan fingerprint density at radius 3 is 2.48 bits per heavy atom. The first-order valence-corrected chi connectivity index (χ1v) is 8.59. The summed E-state index contributed by atoms with van der Waals surface area (Å²) in [5.41, 5.74) is 0.839. The molecule has 0 bridgehead atoms. The summed E-state index contributed by atoms with van der Waals surface area (Å²) < 4.78 is 40.4. The van der Waals surface area contributed by atoms with Gasteiger partial charge in [-0.05, 0) is 30.7 Å². The van der Waals surface area contributed by atoms with Crippen molar-refractivity contribution < 1.29 is 22.7 Å². The molecule has 27 heavy (non-hydrogen) atoms. The van der Waals surface area contributed by atoms with E-state index in [0.29, 0.717) is 16.4 Å². The predicted octanol–water partition coefficient (Wildman–Crippen LogP) is 3.99. The fourth-order valence-electron chi connectivity index (χ4n) is 2.20. The molecule has 0 fully saturated rings. The first-order valence-electron chi connectivity index (χ1n) is 7.71. The molecule has 10 heteroatoms. The maximum Gasteiger partial charge on any atom is 0.573 e. The zero-order valence-corrected chi connectivity index (χ0v) is 14.7. The number of hydrogen-bond acceptors (Lipinski definition) is 6. The van der Waals surface area contributed by atoms with E-state index in [9.17, 15) is 18.0 Å². The van der Waals surface area contributed by atoms with E-state index < -0.39 is 18.3 Å². The van der Waals surface area contributed by atoms with Gasteiger partial charge in [0.25, 0.3) is 5.91 Å². The summed E-state index contributed by atoms with van der Waals surface area (Å²) >= 11 is 1.24. The lowest BCUT2D eigenvalue weighted by molar-refractivity contribution is -0.274. The SMILES string of the molecule is CC(NC(=O)c1csc(-c2ncccn2)n1)c1ccc(OC(F)(F)F)cc1. The average Bonchev–Trinajstić information content (AvgIpc) is 3.12. The number of alkyl halides is 3. The van der Waals surface area contributed by atoms with Gasteiger partial charge in [0.2, 0.25) is 0 Å². The van der Waals surface area contributed by atoms with Crippen LogP contribution in [0.15, 0.2) is 48.1 Å². The molecule has 0 saturated carbocycles. The molecule has 0 saturated heterocycles. The Hall–Kier alpha value is -3.01. The van der Waals surface area contributed by atoms with Gasteiger partial charge in [0.15, 0.2) is 10.8 Å². The number of benzene rings is 1. The van der Waals surface area contributed by atoms with Gasteiger partial charge in [-0.15, -0.1) is 24.5 Å². The van der Waals surface area contributed by atoms with Crippen LogP contribution in [0.2, 0.25) is 0 Å². The van der Waals surface area contributed by atoms with Crippen LogP contribution in [-0.4, -0.2) is 27.2 Å². The quantitative estimate of drug-likeness (QED) is 0.708. The second-order valence-corrected chi connectivity index (χ2v) is 6.28. The van der Waals surface area contributed by atoms with Gasteiger partial charge >= 0.3 is 6.36 Å². The second-order valence-electron chi connectivity index (χ2n) is 5.42. The largest absolute Gasteiger partial charge is 0.573 e. The van der Waals surface area contributed by atoms with Gasteiger partial charge in [-0.1, -0.05) is 12.1 Å². The normalized spacial score (nSPS) is 12.4. The zero-order chi connectivity index (χ0) is 19.4. The zero-order valence-electron chi connectivity index (χ0n) is 13.9. The lowest BCUT2D eigenvalue weighted by atomic mass is 10.1. The van der Waals surface area contributed by atoms with Crippen LogP contribution < -0.4 is 10.1 Å². The van der Waals surface area contributed by atoms with Crippen molar-refractivity contribution in [3.05, 3.63) is 59.4 Å². The Bertz CT molecular complexity index is 914. The number of carbonyl (C=O) groups is 1. The van der Waals surface area contributed by atoms with Crippen LogP contribution in [0.3, 0.4) is 0 Å². The molecule has 1 amide bonds. The van der Waals surface area contributed by atoms with Crippen LogP contribution in [-0.2, 0) is 0 Å². The number of nitrogens with zero attached hydrogens (tertiary/aromatic N) is 3. The first-order chi connectivity index (χ1) is 12.8. The smallest absolute Gasteiger partial charge is 0.406 e. The number of thiazole rings is 1. The summed E-state index contributed by atoms with van der Waals surface area (Å²) in [5.74, 6) is -0.303. The minimum atomic E-state index is -4.74. The topological polar surface area (TPSA) is 77.0 Å². The second kappa shape index (κ2) is 7.70. The third-order valence-electron chi connectivity index (χ3n) is 3.46. The highest BCUT2D eigenvalue weighted by molar-refractivity contribution is 7.13. The molecule has 2 aromatic heterocycles. The average molecular weight is 394 g/mol. The molecule has 1 N–H and O–H groups in total. The number of amides is 1. The molecule has 0 aliphatic heterocycles. The molecular formula is C17H13F3N4O2S. The lowest BCUT2D eigenvalue weighted by Gasteiger charge is -2.14. The van der Waals surface area contributed by atoms with Gasteiger partial charge in [0, 0.05) is 17.8 Å². The van der Waals surface area contributed by atoms with Crippen molar-refractivity contribution in [1.29, 1.82) is 0 Å². The summed E-state index contributed by atoms with van der Waals surface area (Å²) in [6, 6.07) is 6.54. The summed E-state index contributed by atoms with van der Waals surface area (Å²) in [6.07, 6.45) is -1.58. The van der Waals surface area contributed by atoms with Gasteiger partial charge in [0.05, 0.1) is 6.04 Å². The van der Waals surface area contributed by atoms with Crippen molar-refractivity contribution in [2.75, 3.05) is 0 Å². The third-order valence-corrected chi connectivity index (χ3v) is 4.29. The highest BCUT2D eigenvalue weighted by atomic mass is 32.1. The van der Waals surface area contributed by atoms with E-state index >= 15 is 0 Å². The molecule has 140 valence electrons. The van der Waals surface area contributed by atoms with Gasteiger partial charge in [0.1, 0.15) is 11.4 Å². The fourth-order valence-corrected chi connectivity index (χ4v) is 2.95. The molecule has 1 atom stereocenters. The molecule has 1 unspecified atom stereocenters. The van der Waals surface area contributed by atoms with Crippen LogP contribution >= 0.6 is 11.3 Å². The number of aromatic nitrogens is 3. The number of rotatable bonds is 5. The summed E-state index contributed by atoms with van der Waals surface area (Å²) in [5, 5.41) is 4.85. The predicted molar refractivity (Wildman–Crippen MR) is 92.1 cm³/mol. The Kier molecular flexibility index (Phi) is 5.36. The Morgan fingerprint density at radius 2 is 1.85 bits per heavy atom. The van der Waals surface area contributed by atoms with Crippen molar-refractivity contribution in [3.63, 3.8) is 0 Å². The van der Waals surface area contributed by atoms with E-state index in [1.807, 2.05) is 0 Å². The molecule has 3 rings (SSSR count). The highest BCUT2D eigenvalue weighted by Gasteiger charge is 2.31. The molecule has 0 aliphatic rings. The molecule has 0 aliphatic carbocycles. The first kappa shape index (κ1) is 18.8. The van der Waals surface area contributed by atoms with Gasteiger partial charge in [-0.25, -0.2) is 15.0 Å². The fraction of sp³-hybridized carbons (Fsp3) is 0.176. The van der Waals surface area contributed by atoms with Crippen LogP contribution in [0.5, 0.6) is 5.75 Å². The molecule has 3 aromatic rings. The van der Waals surface area contributed by atoms with E-state index in [-0.39, 0.29) is 11.4 Å². The summed E-state index contributed by atoms with van der Waals surface area (Å²) in [6.45, 7) is 1.71. The lowest BCUT2D eigenvalue weighted by Crippen LogP contribution is -2.27. The third kappa shape index (κ3) is 5.00. The number of carbonyl (C=O) groups excluding carboxylic acids is 1. The van der Waals surface area contributed by atoms with Gasteiger partial charge in [-0.2, -0.15) is 0 Å². The van der Waals surface area contributed by atoms with Crippen LogP contribution in [0.1, 0.15) is 29.0 Å². The van der Waals surface area contributed by atoms with E-state index in [1.54, 1.807) is 30.8 Å². The molecule has 0 spiro atoms. The van der Waals surface area contributed by atoms with Crippen molar-refractivity contribution in [2.45, 2.75) is 19.3 Å². The van der Waals surface area contributed by atoms with Crippen molar-refractivity contribution in [2.24, 2.45) is 0 Å². The maximum atomic E-state index is 12.3. The number of ether oxygens (including phenoxy) is 1. The van der Waals surface area contributed by atoms with E-state index in [4.69, 9.17) is 0 Å². The van der Waals surface area contributed by atoms with E-state index in [2.05, 4.69) is 25.0 Å². The van der Waals surface area contributed by atoms with Crippen LogP contribution in [0.25, 0.3) is 10.8 Å². The summed E-state index contributed by atoms with van der Waals surface area (Å²) in [4.78, 5) is 24.7. The maximum absolute atomic E-state index is 12.3. The number of hydrogen-bond donors (Lipinski definition) is 1. The van der Waals surface area contributed by atoms with Crippen molar-refractivity contribution in [3.8, 4) is 16.6 Å². The summed E-state index contributed by atoms with van der Waals surface area (Å²) in [7, 11) is 0. The van der Waals surface area contributed by atoms with Crippen LogP contribution in [0, 0.1) is 0 Å². The molecule has 0 radical (unpaired) electrons. The van der Waals surface area contributed by atoms with Crippen molar-refractivity contribution in [1.82, 2.24) is 20.3 Å². The molecule has 2 heterocycles. The number of halogens is 3. The van der Waals surface area contributed by atoms with Crippen LogP contribution in [0.4, 0.5) is 13.2 Å². The van der Waals surface area contributed by atoms with Gasteiger partial charge < -0.3 is 10.1 Å². The monoisotopic (exact) mass is 394 g/mol. The Balaban J connectivity index is 1.65. The minimum Gasteiger partial charge on any atom is -0.406 e. The minimum absolute atomic E-state index is 0.214. The molecular weight excluding hydrogens is 381 g/mol. The Labute approximate surface area is 156 Å². The highest BCUT2D eigenvalue weighted by Crippen LogP contribution is 2.25. The standard InChI is InChI=1S/C17H13F3N4O2S/c1-10(11-3-5-12(6-4-11)26-17(18,19)20)23-15(25)13-9-27-16(24-13)14-21-7-2-8-22-14/h2-10H,1H3,(H,23,25). The Morgan fingerprint density at radius 1 is 1.19 bits per heavy atom. The molecule has 1 aromatic carbocycles. The number of nitrogens with one attached hydrogen (secondary N) is 1. The van der Waals surface area contributed by atoms with E-state index in [1.165, 1.54) is 35.6 Å². The molecule has 6 nitrogen and oxygen atoms in total.